The SMILES string of the molecule is COc1cc(/C=C/C(=O)Nc2ccc(O)cc2C=O)ccc1O. The summed E-state index contributed by atoms with van der Waals surface area (Å²) < 4.78 is 4.98. The Hall–Kier alpha value is -3.28. The zero-order valence-corrected chi connectivity index (χ0v) is 12.3. The zero-order chi connectivity index (χ0) is 16.8. The number of methoxy groups -OCH3 is 1. The zero-order valence-electron chi connectivity index (χ0n) is 12.3. The molecular formula is C17H15NO5. The topological polar surface area (TPSA) is 95.9 Å². The lowest BCUT2D eigenvalue weighted by molar-refractivity contribution is -0.111. The largest absolute Gasteiger partial charge is 0.508 e. The summed E-state index contributed by atoms with van der Waals surface area (Å²) in [6.45, 7) is 0. The third-order valence-electron chi connectivity index (χ3n) is 3.05. The van der Waals surface area contributed by atoms with Crippen molar-refractivity contribution >= 4 is 24.0 Å². The maximum Gasteiger partial charge on any atom is 0.248 e. The number of phenolic OH excluding ortho intramolecular Hbond substituents is 2. The fraction of sp³-hybridized carbons (Fsp3) is 0.0588. The highest BCUT2D eigenvalue weighted by molar-refractivity contribution is 6.04. The van der Waals surface area contributed by atoms with Crippen LogP contribution in [0.15, 0.2) is 42.5 Å². The molecule has 1 amide bonds. The van der Waals surface area contributed by atoms with E-state index in [0.29, 0.717) is 23.3 Å². The smallest absolute Gasteiger partial charge is 0.248 e. The number of phenols is 2. The number of amides is 1. The summed E-state index contributed by atoms with van der Waals surface area (Å²) >= 11 is 0. The van der Waals surface area contributed by atoms with E-state index >= 15 is 0 Å². The summed E-state index contributed by atoms with van der Waals surface area (Å²) in [5, 5.41) is 21.4. The molecule has 0 atom stereocenters. The number of hydrogen-bond acceptors (Lipinski definition) is 5. The minimum Gasteiger partial charge on any atom is -0.508 e. The van der Waals surface area contributed by atoms with Crippen LogP contribution in [-0.4, -0.2) is 29.5 Å². The lowest BCUT2D eigenvalue weighted by atomic mass is 10.1. The first-order valence-electron chi connectivity index (χ1n) is 6.67. The number of benzene rings is 2. The summed E-state index contributed by atoms with van der Waals surface area (Å²) in [5.74, 6) is -0.189. The molecule has 0 aromatic heterocycles. The van der Waals surface area contributed by atoms with E-state index in [0.717, 1.165) is 0 Å². The maximum absolute atomic E-state index is 11.9. The van der Waals surface area contributed by atoms with E-state index in [1.165, 1.54) is 43.5 Å². The third-order valence-corrected chi connectivity index (χ3v) is 3.05. The Kier molecular flexibility index (Phi) is 4.99. The van der Waals surface area contributed by atoms with E-state index in [2.05, 4.69) is 5.32 Å². The Morgan fingerprint density at radius 1 is 1.17 bits per heavy atom. The molecule has 2 aromatic carbocycles. The van der Waals surface area contributed by atoms with Gasteiger partial charge in [0.1, 0.15) is 5.75 Å². The molecule has 0 aliphatic rings. The van der Waals surface area contributed by atoms with Crippen LogP contribution in [0.5, 0.6) is 17.2 Å². The van der Waals surface area contributed by atoms with Gasteiger partial charge in [-0.05, 0) is 42.0 Å². The van der Waals surface area contributed by atoms with Crippen LogP contribution in [0.1, 0.15) is 15.9 Å². The van der Waals surface area contributed by atoms with E-state index in [-0.39, 0.29) is 17.1 Å². The average Bonchev–Trinajstić information content (AvgIpc) is 2.55. The molecule has 0 fully saturated rings. The van der Waals surface area contributed by atoms with Crippen LogP contribution < -0.4 is 10.1 Å². The molecule has 118 valence electrons. The molecule has 0 bridgehead atoms. The second-order valence-electron chi connectivity index (χ2n) is 4.64. The molecule has 2 rings (SSSR count). The predicted octanol–water partition coefficient (Wildman–Crippen LogP) is 2.57. The first kappa shape index (κ1) is 16.1. The van der Waals surface area contributed by atoms with Gasteiger partial charge >= 0.3 is 0 Å². The monoisotopic (exact) mass is 313 g/mol. The summed E-state index contributed by atoms with van der Waals surface area (Å²) in [6, 6.07) is 8.74. The van der Waals surface area contributed by atoms with Crippen molar-refractivity contribution in [2.75, 3.05) is 12.4 Å². The van der Waals surface area contributed by atoms with Crippen LogP contribution in [0, 0.1) is 0 Å². The highest BCUT2D eigenvalue weighted by atomic mass is 16.5. The van der Waals surface area contributed by atoms with Crippen molar-refractivity contribution in [1.29, 1.82) is 0 Å². The van der Waals surface area contributed by atoms with Crippen molar-refractivity contribution < 1.29 is 24.5 Å². The first-order chi connectivity index (χ1) is 11.0. The normalized spacial score (nSPS) is 10.5. The van der Waals surface area contributed by atoms with Gasteiger partial charge in [0, 0.05) is 11.6 Å². The Morgan fingerprint density at radius 3 is 2.65 bits per heavy atom. The van der Waals surface area contributed by atoms with Crippen LogP contribution >= 0.6 is 0 Å². The summed E-state index contributed by atoms with van der Waals surface area (Å²) in [6.07, 6.45) is 3.37. The molecule has 2 aromatic rings. The van der Waals surface area contributed by atoms with Gasteiger partial charge in [-0.25, -0.2) is 0 Å². The lowest BCUT2D eigenvalue weighted by Crippen LogP contribution is -2.09. The van der Waals surface area contributed by atoms with Crippen molar-refractivity contribution in [2.45, 2.75) is 0 Å². The number of carbonyl (C=O) groups excluding carboxylic acids is 2. The fourth-order valence-corrected chi connectivity index (χ4v) is 1.91. The van der Waals surface area contributed by atoms with Gasteiger partial charge in [0.25, 0.3) is 0 Å². The number of carbonyl (C=O) groups is 2. The number of hydrogen-bond donors (Lipinski definition) is 3. The van der Waals surface area contributed by atoms with Gasteiger partial charge in [-0.15, -0.1) is 0 Å². The predicted molar refractivity (Wildman–Crippen MR) is 85.8 cm³/mol. The number of ether oxygens (including phenoxy) is 1. The molecule has 0 saturated heterocycles. The standard InChI is InChI=1S/C17H15NO5/c1-23-16-8-11(2-6-15(16)21)3-7-17(22)18-14-5-4-13(20)9-12(14)10-19/h2-10,20-21H,1H3,(H,18,22)/b7-3+. The Bertz CT molecular complexity index is 768. The lowest BCUT2D eigenvalue weighted by Gasteiger charge is -2.06. The fourth-order valence-electron chi connectivity index (χ4n) is 1.91. The van der Waals surface area contributed by atoms with Crippen LogP contribution in [-0.2, 0) is 4.79 Å². The minimum absolute atomic E-state index is 0.00817. The summed E-state index contributed by atoms with van der Waals surface area (Å²) in [5.41, 5.74) is 1.14. The molecule has 3 N–H and O–H groups in total. The molecule has 0 spiro atoms. The average molecular weight is 313 g/mol. The molecule has 6 heteroatoms. The van der Waals surface area contributed by atoms with Gasteiger partial charge in [-0.2, -0.15) is 0 Å². The first-order valence-corrected chi connectivity index (χ1v) is 6.67. The molecule has 0 radical (unpaired) electrons. The Balaban J connectivity index is 2.12. The van der Waals surface area contributed by atoms with Gasteiger partial charge in [0.15, 0.2) is 17.8 Å². The summed E-state index contributed by atoms with van der Waals surface area (Å²) in [4.78, 5) is 22.8. The number of nitrogens with one attached hydrogen (secondary N) is 1. The summed E-state index contributed by atoms with van der Waals surface area (Å²) in [7, 11) is 1.43. The number of aldehydes is 1. The van der Waals surface area contributed by atoms with Gasteiger partial charge in [-0.3, -0.25) is 9.59 Å². The second kappa shape index (κ2) is 7.13. The number of aromatic hydroxyl groups is 2. The van der Waals surface area contributed by atoms with Crippen LogP contribution in [0.25, 0.3) is 6.08 Å². The molecule has 6 nitrogen and oxygen atoms in total. The van der Waals surface area contributed by atoms with E-state index < -0.39 is 5.91 Å². The molecular weight excluding hydrogens is 298 g/mol. The molecule has 0 aliphatic heterocycles. The minimum atomic E-state index is -0.439. The van der Waals surface area contributed by atoms with Crippen molar-refractivity contribution in [1.82, 2.24) is 0 Å². The van der Waals surface area contributed by atoms with Crippen LogP contribution in [0.2, 0.25) is 0 Å². The third kappa shape index (κ3) is 4.10. The van der Waals surface area contributed by atoms with Gasteiger partial charge in [0.05, 0.1) is 12.8 Å². The van der Waals surface area contributed by atoms with Crippen LogP contribution in [0.4, 0.5) is 5.69 Å². The number of anilines is 1. The van der Waals surface area contributed by atoms with E-state index in [1.54, 1.807) is 12.1 Å². The van der Waals surface area contributed by atoms with E-state index in [1.807, 2.05) is 0 Å². The van der Waals surface area contributed by atoms with Gasteiger partial charge in [-0.1, -0.05) is 6.07 Å². The molecule has 0 heterocycles. The maximum atomic E-state index is 11.9. The number of rotatable bonds is 5. The Labute approximate surface area is 132 Å². The van der Waals surface area contributed by atoms with Crippen molar-refractivity contribution in [3.05, 3.63) is 53.6 Å². The quantitative estimate of drug-likeness (QED) is 0.448. The van der Waals surface area contributed by atoms with E-state index in [4.69, 9.17) is 4.74 Å². The van der Waals surface area contributed by atoms with Crippen LogP contribution in [0.3, 0.4) is 0 Å². The molecule has 0 aliphatic carbocycles. The highest BCUT2D eigenvalue weighted by Crippen LogP contribution is 2.26. The van der Waals surface area contributed by atoms with E-state index in [9.17, 15) is 19.8 Å². The highest BCUT2D eigenvalue weighted by Gasteiger charge is 2.06. The Morgan fingerprint density at radius 2 is 1.96 bits per heavy atom. The van der Waals surface area contributed by atoms with Gasteiger partial charge < -0.3 is 20.3 Å². The molecule has 0 unspecified atom stereocenters. The van der Waals surface area contributed by atoms with Crippen molar-refractivity contribution in [3.8, 4) is 17.2 Å². The van der Waals surface area contributed by atoms with Crippen molar-refractivity contribution in [3.63, 3.8) is 0 Å². The van der Waals surface area contributed by atoms with Crippen molar-refractivity contribution in [2.24, 2.45) is 0 Å². The van der Waals surface area contributed by atoms with Gasteiger partial charge in [0.2, 0.25) is 5.91 Å². The molecule has 23 heavy (non-hydrogen) atoms. The molecule has 0 saturated carbocycles. The second-order valence-corrected chi connectivity index (χ2v) is 4.64.